The Morgan fingerprint density at radius 2 is 2.39 bits per heavy atom. The standard InChI is InChI=1S/C12H22N4OS/c1-4-17-10-11(13)14-18-12(10)16(3)8-9-5-6-15(2)7-9/h9H,4-8H2,1-3H3,(H2,13,14). The molecule has 1 saturated heterocycles. The quantitative estimate of drug-likeness (QED) is 0.879. The molecule has 1 fully saturated rings. The van der Waals surface area contributed by atoms with Crippen molar-refractivity contribution in [1.29, 1.82) is 0 Å². The van der Waals surface area contributed by atoms with Crippen LogP contribution in [0.5, 0.6) is 5.75 Å². The smallest absolute Gasteiger partial charge is 0.197 e. The third kappa shape index (κ3) is 2.87. The molecule has 0 radical (unpaired) electrons. The minimum atomic E-state index is 0.507. The average molecular weight is 270 g/mol. The van der Waals surface area contributed by atoms with Gasteiger partial charge in [-0.1, -0.05) is 0 Å². The monoisotopic (exact) mass is 270 g/mol. The van der Waals surface area contributed by atoms with Crippen LogP contribution in [-0.4, -0.2) is 49.6 Å². The van der Waals surface area contributed by atoms with E-state index >= 15 is 0 Å². The number of anilines is 2. The highest BCUT2D eigenvalue weighted by molar-refractivity contribution is 7.11. The first-order valence-corrected chi connectivity index (χ1v) is 7.16. The Bertz CT molecular complexity index is 395. The number of nitrogens with zero attached hydrogens (tertiary/aromatic N) is 3. The molecule has 1 aliphatic rings. The first-order chi connectivity index (χ1) is 8.61. The van der Waals surface area contributed by atoms with Crippen molar-refractivity contribution in [2.24, 2.45) is 5.92 Å². The van der Waals surface area contributed by atoms with Crippen molar-refractivity contribution in [2.75, 3.05) is 51.0 Å². The summed E-state index contributed by atoms with van der Waals surface area (Å²) >= 11 is 1.42. The van der Waals surface area contributed by atoms with Gasteiger partial charge in [0.25, 0.3) is 0 Å². The van der Waals surface area contributed by atoms with E-state index in [9.17, 15) is 0 Å². The maximum Gasteiger partial charge on any atom is 0.197 e. The molecule has 0 amide bonds. The van der Waals surface area contributed by atoms with Gasteiger partial charge in [-0.2, -0.15) is 4.37 Å². The maximum atomic E-state index is 5.83. The van der Waals surface area contributed by atoms with E-state index in [2.05, 4.69) is 28.3 Å². The number of aromatic nitrogens is 1. The van der Waals surface area contributed by atoms with E-state index in [1.165, 1.54) is 31.0 Å². The molecule has 1 atom stereocenters. The minimum Gasteiger partial charge on any atom is -0.487 e. The molecule has 2 heterocycles. The van der Waals surface area contributed by atoms with Crippen molar-refractivity contribution in [3.8, 4) is 5.75 Å². The van der Waals surface area contributed by atoms with Gasteiger partial charge in [0.2, 0.25) is 0 Å². The molecule has 5 nitrogen and oxygen atoms in total. The molecule has 102 valence electrons. The Hall–Kier alpha value is -1.01. The molecule has 1 aliphatic heterocycles. The number of likely N-dealkylation sites (tertiary alicyclic amines) is 1. The second-order valence-electron chi connectivity index (χ2n) is 4.93. The summed E-state index contributed by atoms with van der Waals surface area (Å²) in [4.78, 5) is 4.60. The van der Waals surface area contributed by atoms with Gasteiger partial charge in [-0.25, -0.2) is 0 Å². The molecule has 0 aromatic carbocycles. The molecule has 0 bridgehead atoms. The number of nitrogen functional groups attached to an aromatic ring is 1. The SMILES string of the molecule is CCOc1c(N)nsc1N(C)CC1CCN(C)C1. The molecule has 6 heteroatoms. The van der Waals surface area contributed by atoms with Gasteiger partial charge in [-0.15, -0.1) is 0 Å². The van der Waals surface area contributed by atoms with Gasteiger partial charge in [-0.05, 0) is 44.4 Å². The highest BCUT2D eigenvalue weighted by Gasteiger charge is 2.23. The molecule has 0 saturated carbocycles. The lowest BCUT2D eigenvalue weighted by atomic mass is 10.1. The van der Waals surface area contributed by atoms with Crippen molar-refractivity contribution in [2.45, 2.75) is 13.3 Å². The van der Waals surface area contributed by atoms with E-state index in [1.807, 2.05) is 6.92 Å². The van der Waals surface area contributed by atoms with Crippen LogP contribution in [0.25, 0.3) is 0 Å². The molecule has 1 unspecified atom stereocenters. The van der Waals surface area contributed by atoms with Crippen molar-refractivity contribution < 1.29 is 4.74 Å². The zero-order valence-electron chi connectivity index (χ0n) is 11.3. The summed E-state index contributed by atoms with van der Waals surface area (Å²) in [7, 11) is 4.27. The van der Waals surface area contributed by atoms with E-state index in [0.717, 1.165) is 23.2 Å². The van der Waals surface area contributed by atoms with E-state index in [-0.39, 0.29) is 0 Å². The molecule has 18 heavy (non-hydrogen) atoms. The number of nitrogens with two attached hydrogens (primary N) is 1. The molecule has 1 aromatic rings. The predicted octanol–water partition coefficient (Wildman–Crippen LogP) is 1.51. The first kappa shape index (κ1) is 13.4. The van der Waals surface area contributed by atoms with Gasteiger partial charge >= 0.3 is 0 Å². The molecule has 0 spiro atoms. The second-order valence-corrected chi connectivity index (χ2v) is 5.68. The fourth-order valence-electron chi connectivity index (χ4n) is 2.45. The van der Waals surface area contributed by atoms with Gasteiger partial charge in [0.15, 0.2) is 16.6 Å². The zero-order valence-corrected chi connectivity index (χ0v) is 12.2. The van der Waals surface area contributed by atoms with Crippen molar-refractivity contribution in [1.82, 2.24) is 9.27 Å². The number of hydrogen-bond acceptors (Lipinski definition) is 6. The second kappa shape index (κ2) is 5.75. The van der Waals surface area contributed by atoms with Crippen LogP contribution >= 0.6 is 11.5 Å². The first-order valence-electron chi connectivity index (χ1n) is 6.39. The van der Waals surface area contributed by atoms with Crippen LogP contribution in [0, 0.1) is 5.92 Å². The lowest BCUT2D eigenvalue weighted by molar-refractivity contribution is 0.342. The summed E-state index contributed by atoms with van der Waals surface area (Å²) in [6.45, 7) is 5.98. The van der Waals surface area contributed by atoms with Crippen LogP contribution in [0.3, 0.4) is 0 Å². The average Bonchev–Trinajstić information content (AvgIpc) is 2.88. The normalized spacial score (nSPS) is 20.3. The van der Waals surface area contributed by atoms with Crippen molar-refractivity contribution in [3.05, 3.63) is 0 Å². The molecule has 1 aromatic heterocycles. The summed E-state index contributed by atoms with van der Waals surface area (Å²) in [5.74, 6) is 1.97. The van der Waals surface area contributed by atoms with Gasteiger partial charge in [0.05, 0.1) is 6.61 Å². The Labute approximate surface area is 113 Å². The Morgan fingerprint density at radius 1 is 1.61 bits per heavy atom. The van der Waals surface area contributed by atoms with E-state index in [0.29, 0.717) is 12.4 Å². The van der Waals surface area contributed by atoms with E-state index in [1.54, 1.807) is 0 Å². The van der Waals surface area contributed by atoms with Crippen LogP contribution in [0.2, 0.25) is 0 Å². The van der Waals surface area contributed by atoms with Crippen LogP contribution in [0.4, 0.5) is 10.8 Å². The van der Waals surface area contributed by atoms with Crippen LogP contribution in [0.1, 0.15) is 13.3 Å². The third-order valence-corrected chi connectivity index (χ3v) is 4.27. The lowest BCUT2D eigenvalue weighted by Gasteiger charge is -2.22. The van der Waals surface area contributed by atoms with Crippen LogP contribution in [0.15, 0.2) is 0 Å². The Balaban J connectivity index is 2.02. The van der Waals surface area contributed by atoms with E-state index in [4.69, 9.17) is 10.5 Å². The predicted molar refractivity (Wildman–Crippen MR) is 76.6 cm³/mol. The zero-order chi connectivity index (χ0) is 13.1. The Morgan fingerprint density at radius 3 is 3.00 bits per heavy atom. The molecular weight excluding hydrogens is 248 g/mol. The number of hydrogen-bond donors (Lipinski definition) is 1. The van der Waals surface area contributed by atoms with Gasteiger partial charge in [0, 0.05) is 20.1 Å². The largest absolute Gasteiger partial charge is 0.487 e. The Kier molecular flexibility index (Phi) is 4.29. The number of rotatable bonds is 5. The summed E-state index contributed by atoms with van der Waals surface area (Å²) in [6, 6.07) is 0. The summed E-state index contributed by atoms with van der Waals surface area (Å²) in [5.41, 5.74) is 5.83. The highest BCUT2D eigenvalue weighted by Crippen LogP contribution is 2.38. The van der Waals surface area contributed by atoms with Crippen LogP contribution in [-0.2, 0) is 0 Å². The van der Waals surface area contributed by atoms with Crippen molar-refractivity contribution in [3.63, 3.8) is 0 Å². The topological polar surface area (TPSA) is 54.6 Å². The minimum absolute atomic E-state index is 0.507. The summed E-state index contributed by atoms with van der Waals surface area (Å²) in [6.07, 6.45) is 1.26. The molecule has 0 aliphatic carbocycles. The molecule has 2 N–H and O–H groups in total. The van der Waals surface area contributed by atoms with Gasteiger partial charge in [0.1, 0.15) is 0 Å². The maximum absolute atomic E-state index is 5.83. The van der Waals surface area contributed by atoms with Gasteiger partial charge in [-0.3, -0.25) is 0 Å². The summed E-state index contributed by atoms with van der Waals surface area (Å²) < 4.78 is 9.77. The molecule has 2 rings (SSSR count). The number of ether oxygens (including phenoxy) is 1. The third-order valence-electron chi connectivity index (χ3n) is 3.31. The highest BCUT2D eigenvalue weighted by atomic mass is 32.1. The summed E-state index contributed by atoms with van der Waals surface area (Å²) in [5, 5.41) is 1.05. The van der Waals surface area contributed by atoms with Crippen LogP contribution < -0.4 is 15.4 Å². The van der Waals surface area contributed by atoms with Crippen molar-refractivity contribution >= 4 is 22.4 Å². The van der Waals surface area contributed by atoms with E-state index < -0.39 is 0 Å². The fourth-order valence-corrected chi connectivity index (χ4v) is 3.18. The lowest BCUT2D eigenvalue weighted by Crippen LogP contribution is -2.26. The molecular formula is C12H22N4OS. The fraction of sp³-hybridized carbons (Fsp3) is 0.750. The van der Waals surface area contributed by atoms with Gasteiger partial charge < -0.3 is 20.3 Å².